The Morgan fingerprint density at radius 2 is 1.89 bits per heavy atom. The third-order valence-electron chi connectivity index (χ3n) is 5.13. The zero-order valence-corrected chi connectivity index (χ0v) is 19.0. The molecule has 0 fully saturated rings. The van der Waals surface area contributed by atoms with Gasteiger partial charge in [-0.15, -0.1) is 0 Å². The number of carboxylic acid groups (broad SMARTS) is 1. The van der Waals surface area contributed by atoms with E-state index < -0.39 is 12.6 Å². The van der Waals surface area contributed by atoms with Gasteiger partial charge >= 0.3 is 5.97 Å². The van der Waals surface area contributed by atoms with Gasteiger partial charge in [0, 0.05) is 35.3 Å². The van der Waals surface area contributed by atoms with Gasteiger partial charge in [-0.25, -0.2) is 4.79 Å². The largest absolute Gasteiger partial charge is 0.493 e. The van der Waals surface area contributed by atoms with E-state index in [1.807, 2.05) is 53.3 Å². The molecular weight excluding hydrogens is 446 g/mol. The monoisotopic (exact) mass is 469 g/mol. The number of allylic oxidation sites excluding steroid dienone is 1. The van der Waals surface area contributed by atoms with E-state index in [4.69, 9.17) is 19.7 Å². The lowest BCUT2D eigenvalue weighted by Gasteiger charge is -2.09. The summed E-state index contributed by atoms with van der Waals surface area (Å²) in [7, 11) is 1.42. The minimum Gasteiger partial charge on any atom is -0.493 e. The average molecular weight is 469 g/mol. The fourth-order valence-corrected chi connectivity index (χ4v) is 3.48. The van der Waals surface area contributed by atoms with Crippen molar-refractivity contribution in [1.29, 1.82) is 0 Å². The van der Waals surface area contributed by atoms with E-state index in [0.717, 1.165) is 16.7 Å². The first-order valence-corrected chi connectivity index (χ1v) is 10.8. The summed E-state index contributed by atoms with van der Waals surface area (Å²) in [6.45, 7) is 0.0819. The zero-order valence-electron chi connectivity index (χ0n) is 19.0. The number of ketones is 1. The molecule has 0 radical (unpaired) electrons. The predicted octanol–water partition coefficient (Wildman–Crippen LogP) is 4.36. The fourth-order valence-electron chi connectivity index (χ4n) is 3.48. The minimum absolute atomic E-state index is 0.247. The molecule has 8 heteroatoms. The first kappa shape index (κ1) is 23.4. The van der Waals surface area contributed by atoms with Crippen LogP contribution in [-0.2, 0) is 11.3 Å². The first-order valence-electron chi connectivity index (χ1n) is 10.8. The van der Waals surface area contributed by atoms with E-state index in [2.05, 4.69) is 4.98 Å². The van der Waals surface area contributed by atoms with Crippen LogP contribution in [0.15, 0.2) is 85.3 Å². The summed E-state index contributed by atoms with van der Waals surface area (Å²) in [5.41, 5.74) is 3.81. The maximum absolute atomic E-state index is 12.9. The maximum atomic E-state index is 12.9. The van der Waals surface area contributed by atoms with Crippen molar-refractivity contribution >= 4 is 17.8 Å². The highest BCUT2D eigenvalue weighted by atomic mass is 16.5. The molecule has 35 heavy (non-hydrogen) atoms. The van der Waals surface area contributed by atoms with E-state index in [9.17, 15) is 9.59 Å². The van der Waals surface area contributed by atoms with Crippen LogP contribution in [0.1, 0.15) is 21.5 Å². The number of methoxy groups -OCH3 is 1. The number of benzene rings is 2. The zero-order chi connectivity index (χ0) is 24.6. The number of hydrogen-bond acceptors (Lipinski definition) is 6. The van der Waals surface area contributed by atoms with E-state index >= 15 is 0 Å². The summed E-state index contributed by atoms with van der Waals surface area (Å²) in [5, 5.41) is 13.5. The predicted molar refractivity (Wildman–Crippen MR) is 130 cm³/mol. The lowest BCUT2D eigenvalue weighted by molar-refractivity contribution is -0.139. The molecule has 8 nitrogen and oxygen atoms in total. The SMILES string of the molecule is COc1cc(C(=O)/C=C\c2cn(Cc3ccccc3)nc2-c2cccnc2)ccc1OCC(=O)O. The van der Waals surface area contributed by atoms with Crippen LogP contribution in [0.4, 0.5) is 0 Å². The minimum atomic E-state index is -1.10. The van der Waals surface area contributed by atoms with Crippen LogP contribution in [0.2, 0.25) is 0 Å². The Morgan fingerprint density at radius 1 is 1.06 bits per heavy atom. The molecule has 4 rings (SSSR count). The molecule has 0 bridgehead atoms. The topological polar surface area (TPSA) is 104 Å². The lowest BCUT2D eigenvalue weighted by Crippen LogP contribution is -2.10. The van der Waals surface area contributed by atoms with Gasteiger partial charge in [0.25, 0.3) is 0 Å². The van der Waals surface area contributed by atoms with Gasteiger partial charge in [0.1, 0.15) is 5.69 Å². The second-order valence-electron chi connectivity index (χ2n) is 7.60. The molecule has 0 aliphatic heterocycles. The molecule has 0 unspecified atom stereocenters. The van der Waals surface area contributed by atoms with Crippen LogP contribution in [0, 0.1) is 0 Å². The van der Waals surface area contributed by atoms with Crippen molar-refractivity contribution in [3.8, 4) is 22.8 Å². The van der Waals surface area contributed by atoms with Gasteiger partial charge in [-0.3, -0.25) is 14.5 Å². The number of carbonyl (C=O) groups excluding carboxylic acids is 1. The Labute approximate surface area is 202 Å². The van der Waals surface area contributed by atoms with Crippen molar-refractivity contribution in [3.05, 3.63) is 102 Å². The van der Waals surface area contributed by atoms with Crippen molar-refractivity contribution in [2.75, 3.05) is 13.7 Å². The smallest absolute Gasteiger partial charge is 0.341 e. The van der Waals surface area contributed by atoms with Crippen molar-refractivity contribution < 1.29 is 24.2 Å². The molecule has 1 N–H and O–H groups in total. The molecule has 2 aromatic carbocycles. The molecule has 0 aliphatic carbocycles. The summed E-state index contributed by atoms with van der Waals surface area (Å²) in [6, 6.07) is 18.3. The normalized spacial score (nSPS) is 10.9. The standard InChI is InChI=1S/C27H23N3O5/c1-34-25-14-20(10-12-24(25)35-18-26(32)33)23(31)11-9-22-17-30(16-19-6-3-2-4-7-19)29-27(22)21-8-5-13-28-15-21/h2-15,17H,16,18H2,1H3,(H,32,33)/b11-9-. The Hall–Kier alpha value is -4.72. The molecule has 0 saturated carbocycles. The quantitative estimate of drug-likeness (QED) is 0.272. The number of rotatable bonds is 10. The number of aromatic nitrogens is 3. The molecule has 0 spiro atoms. The van der Waals surface area contributed by atoms with Crippen molar-refractivity contribution in [3.63, 3.8) is 0 Å². The van der Waals surface area contributed by atoms with Gasteiger partial charge in [0.15, 0.2) is 23.9 Å². The lowest BCUT2D eigenvalue weighted by atomic mass is 10.1. The number of pyridine rings is 1. The van der Waals surface area contributed by atoms with Crippen LogP contribution >= 0.6 is 0 Å². The van der Waals surface area contributed by atoms with Gasteiger partial charge in [0.2, 0.25) is 0 Å². The molecule has 0 atom stereocenters. The van der Waals surface area contributed by atoms with E-state index in [0.29, 0.717) is 17.8 Å². The van der Waals surface area contributed by atoms with Gasteiger partial charge in [-0.05, 0) is 48.0 Å². The molecule has 0 saturated heterocycles. The number of carbonyl (C=O) groups is 2. The van der Waals surface area contributed by atoms with Crippen LogP contribution in [-0.4, -0.2) is 45.3 Å². The number of aliphatic carboxylic acids is 1. The van der Waals surface area contributed by atoms with Gasteiger partial charge in [-0.2, -0.15) is 5.10 Å². The Kier molecular flexibility index (Phi) is 7.32. The third-order valence-corrected chi connectivity index (χ3v) is 5.13. The number of carboxylic acids is 1. The van der Waals surface area contributed by atoms with Crippen molar-refractivity contribution in [2.45, 2.75) is 6.54 Å². The van der Waals surface area contributed by atoms with E-state index in [1.165, 1.54) is 25.3 Å². The van der Waals surface area contributed by atoms with Crippen molar-refractivity contribution in [1.82, 2.24) is 14.8 Å². The van der Waals surface area contributed by atoms with Crippen molar-refractivity contribution in [2.24, 2.45) is 0 Å². The molecular formula is C27H23N3O5. The van der Waals surface area contributed by atoms with Gasteiger partial charge in [-0.1, -0.05) is 30.3 Å². The first-order chi connectivity index (χ1) is 17.0. The summed E-state index contributed by atoms with van der Waals surface area (Å²) in [6.07, 6.45) is 8.51. The number of ether oxygens (including phenoxy) is 2. The summed E-state index contributed by atoms with van der Waals surface area (Å²) >= 11 is 0. The number of nitrogens with zero attached hydrogens (tertiary/aromatic N) is 3. The highest BCUT2D eigenvalue weighted by molar-refractivity contribution is 6.07. The Morgan fingerprint density at radius 3 is 2.60 bits per heavy atom. The Bertz CT molecular complexity index is 1350. The van der Waals surface area contributed by atoms with Crippen LogP contribution in [0.25, 0.3) is 17.3 Å². The second kappa shape index (κ2) is 10.9. The maximum Gasteiger partial charge on any atom is 0.341 e. The van der Waals surface area contributed by atoms with Crippen LogP contribution in [0.3, 0.4) is 0 Å². The summed E-state index contributed by atoms with van der Waals surface area (Å²) in [5.74, 6) is -0.831. The summed E-state index contributed by atoms with van der Waals surface area (Å²) in [4.78, 5) is 27.8. The fraction of sp³-hybridized carbons (Fsp3) is 0.111. The molecule has 0 amide bonds. The Balaban J connectivity index is 1.59. The highest BCUT2D eigenvalue weighted by Gasteiger charge is 2.13. The highest BCUT2D eigenvalue weighted by Crippen LogP contribution is 2.29. The molecule has 0 aliphatic rings. The molecule has 176 valence electrons. The van der Waals surface area contributed by atoms with Crippen LogP contribution < -0.4 is 9.47 Å². The molecule has 2 aromatic heterocycles. The van der Waals surface area contributed by atoms with Gasteiger partial charge in [0.05, 0.1) is 13.7 Å². The second-order valence-corrected chi connectivity index (χ2v) is 7.60. The van der Waals surface area contributed by atoms with Crippen LogP contribution in [0.5, 0.6) is 11.5 Å². The number of hydrogen-bond donors (Lipinski definition) is 1. The third kappa shape index (κ3) is 6.00. The summed E-state index contributed by atoms with van der Waals surface area (Å²) < 4.78 is 12.3. The molecule has 2 heterocycles. The molecule has 4 aromatic rings. The van der Waals surface area contributed by atoms with Gasteiger partial charge < -0.3 is 14.6 Å². The van der Waals surface area contributed by atoms with E-state index in [-0.39, 0.29) is 17.3 Å². The average Bonchev–Trinajstić information content (AvgIpc) is 3.29. The van der Waals surface area contributed by atoms with E-state index in [1.54, 1.807) is 24.5 Å².